The molecule has 7 nitrogen and oxygen atoms in total. The lowest BCUT2D eigenvalue weighted by Crippen LogP contribution is -2.25. The summed E-state index contributed by atoms with van der Waals surface area (Å²) in [6, 6.07) is 17.0. The number of nitrogens with one attached hydrogen (secondary N) is 1. The topological polar surface area (TPSA) is 85.0 Å². The summed E-state index contributed by atoms with van der Waals surface area (Å²) < 4.78 is 15.7. The zero-order valence-electron chi connectivity index (χ0n) is 14.7. The molecule has 0 spiro atoms. The van der Waals surface area contributed by atoms with Gasteiger partial charge in [-0.2, -0.15) is 0 Å². The average Bonchev–Trinajstić information content (AvgIpc) is 3.18. The van der Waals surface area contributed by atoms with Crippen LogP contribution in [0.1, 0.15) is 5.56 Å². The minimum atomic E-state index is -0.368. The standard InChI is InChI=1S/C20H16FN5O2/c21-18-7-1-14(2-8-18)12-25-13-19(22-23-25)16-5-3-15(4-6-16)17-9-10-26(24-28)20(27)11-17/h1-11,13,24,28H,12H2. The predicted octanol–water partition coefficient (Wildman–Crippen LogP) is 2.89. The Bertz CT molecular complexity index is 1150. The fourth-order valence-corrected chi connectivity index (χ4v) is 2.86. The highest BCUT2D eigenvalue weighted by Crippen LogP contribution is 2.23. The van der Waals surface area contributed by atoms with Crippen molar-refractivity contribution in [3.63, 3.8) is 0 Å². The minimum Gasteiger partial charge on any atom is -0.275 e. The molecule has 0 aliphatic carbocycles. The van der Waals surface area contributed by atoms with E-state index in [2.05, 4.69) is 10.3 Å². The van der Waals surface area contributed by atoms with Crippen LogP contribution in [0, 0.1) is 5.82 Å². The highest BCUT2D eigenvalue weighted by molar-refractivity contribution is 5.68. The number of benzene rings is 2. The van der Waals surface area contributed by atoms with Crippen molar-refractivity contribution in [3.05, 3.63) is 94.8 Å². The molecule has 0 saturated heterocycles. The van der Waals surface area contributed by atoms with Gasteiger partial charge in [0.2, 0.25) is 0 Å². The van der Waals surface area contributed by atoms with Gasteiger partial charge >= 0.3 is 0 Å². The lowest BCUT2D eigenvalue weighted by molar-refractivity contribution is 0.313. The van der Waals surface area contributed by atoms with Crippen LogP contribution in [0.25, 0.3) is 22.4 Å². The van der Waals surface area contributed by atoms with Gasteiger partial charge in [-0.15, -0.1) is 5.10 Å². The summed E-state index contributed by atoms with van der Waals surface area (Å²) in [6.45, 7) is 0.501. The van der Waals surface area contributed by atoms with Gasteiger partial charge in [0.1, 0.15) is 11.5 Å². The molecule has 2 heterocycles. The third-order valence-electron chi connectivity index (χ3n) is 4.34. The van der Waals surface area contributed by atoms with E-state index < -0.39 is 0 Å². The van der Waals surface area contributed by atoms with Crippen molar-refractivity contribution in [3.8, 4) is 22.4 Å². The fraction of sp³-hybridized carbons (Fsp3) is 0.0500. The molecule has 0 aliphatic rings. The van der Waals surface area contributed by atoms with Gasteiger partial charge in [0.25, 0.3) is 5.56 Å². The Balaban J connectivity index is 1.53. The summed E-state index contributed by atoms with van der Waals surface area (Å²) in [6.07, 6.45) is 3.28. The lowest BCUT2D eigenvalue weighted by atomic mass is 10.0. The Hall–Kier alpha value is -3.78. The van der Waals surface area contributed by atoms with Crippen molar-refractivity contribution in [2.24, 2.45) is 0 Å². The molecule has 0 atom stereocenters. The van der Waals surface area contributed by atoms with Crippen LogP contribution in [0.5, 0.6) is 0 Å². The van der Waals surface area contributed by atoms with Crippen LogP contribution in [-0.4, -0.2) is 24.9 Å². The third kappa shape index (κ3) is 3.67. The number of aromatic nitrogens is 4. The van der Waals surface area contributed by atoms with E-state index in [1.54, 1.807) is 28.5 Å². The maximum absolute atomic E-state index is 13.0. The summed E-state index contributed by atoms with van der Waals surface area (Å²) >= 11 is 0. The van der Waals surface area contributed by atoms with Crippen molar-refractivity contribution in [1.82, 2.24) is 19.7 Å². The van der Waals surface area contributed by atoms with E-state index in [0.29, 0.717) is 12.2 Å². The van der Waals surface area contributed by atoms with E-state index in [0.717, 1.165) is 26.9 Å². The third-order valence-corrected chi connectivity index (χ3v) is 4.34. The number of rotatable bonds is 5. The smallest absolute Gasteiger partial charge is 0.271 e. The van der Waals surface area contributed by atoms with Crippen LogP contribution in [0.2, 0.25) is 0 Å². The fourth-order valence-electron chi connectivity index (χ4n) is 2.86. The van der Waals surface area contributed by atoms with Gasteiger partial charge < -0.3 is 0 Å². The SMILES string of the molecule is O=c1cc(-c2ccc(-c3cn(Cc4ccc(F)cc4)nn3)cc2)ccn1NO. The Morgan fingerprint density at radius 1 is 0.964 bits per heavy atom. The van der Waals surface area contributed by atoms with Gasteiger partial charge in [-0.1, -0.05) is 41.6 Å². The molecule has 2 N–H and O–H groups in total. The molecule has 2 aromatic carbocycles. The van der Waals surface area contributed by atoms with Gasteiger partial charge in [0, 0.05) is 17.8 Å². The quantitative estimate of drug-likeness (QED) is 0.523. The van der Waals surface area contributed by atoms with Crippen LogP contribution < -0.4 is 11.1 Å². The zero-order valence-corrected chi connectivity index (χ0v) is 14.7. The summed E-state index contributed by atoms with van der Waals surface area (Å²) in [5.74, 6) is -0.270. The molecule has 0 saturated carbocycles. The molecule has 0 radical (unpaired) electrons. The van der Waals surface area contributed by atoms with Gasteiger partial charge in [0.05, 0.1) is 12.7 Å². The molecule has 4 rings (SSSR count). The molecule has 0 amide bonds. The molecule has 0 fully saturated rings. The van der Waals surface area contributed by atoms with Crippen LogP contribution >= 0.6 is 0 Å². The first kappa shape index (κ1) is 17.6. The van der Waals surface area contributed by atoms with Crippen LogP contribution in [0.4, 0.5) is 4.39 Å². The van der Waals surface area contributed by atoms with Gasteiger partial charge in [-0.3, -0.25) is 10.0 Å². The van der Waals surface area contributed by atoms with E-state index in [1.807, 2.05) is 30.5 Å². The van der Waals surface area contributed by atoms with Gasteiger partial charge in [-0.05, 0) is 34.9 Å². The molecule has 4 aromatic rings. The molecular formula is C20H16FN5O2. The van der Waals surface area contributed by atoms with E-state index in [9.17, 15) is 9.18 Å². The molecule has 8 heteroatoms. The maximum atomic E-state index is 13.0. The summed E-state index contributed by atoms with van der Waals surface area (Å²) in [5.41, 5.74) is 5.57. The zero-order chi connectivity index (χ0) is 19.5. The Morgan fingerprint density at radius 3 is 2.36 bits per heavy atom. The average molecular weight is 377 g/mol. The van der Waals surface area contributed by atoms with Gasteiger partial charge in [-0.25, -0.2) is 19.3 Å². The highest BCUT2D eigenvalue weighted by Gasteiger charge is 2.06. The second-order valence-corrected chi connectivity index (χ2v) is 6.23. The van der Waals surface area contributed by atoms with Crippen LogP contribution in [-0.2, 0) is 6.54 Å². The van der Waals surface area contributed by atoms with E-state index in [-0.39, 0.29) is 11.4 Å². The number of hydrogen-bond donors (Lipinski definition) is 2. The number of hydrogen-bond acceptors (Lipinski definition) is 5. The Kier molecular flexibility index (Phi) is 4.69. The van der Waals surface area contributed by atoms with Crippen molar-refractivity contribution < 1.29 is 9.60 Å². The first-order valence-electron chi connectivity index (χ1n) is 8.50. The molecule has 140 valence electrons. The summed E-state index contributed by atoms with van der Waals surface area (Å²) in [5, 5.41) is 17.1. The van der Waals surface area contributed by atoms with Crippen molar-refractivity contribution >= 4 is 0 Å². The van der Waals surface area contributed by atoms with Crippen molar-refractivity contribution in [2.75, 3.05) is 5.59 Å². The predicted molar refractivity (Wildman–Crippen MR) is 102 cm³/mol. The molecule has 0 aliphatic heterocycles. The second-order valence-electron chi connectivity index (χ2n) is 6.23. The number of halogens is 1. The lowest BCUT2D eigenvalue weighted by Gasteiger charge is -2.05. The minimum absolute atomic E-state index is 0.270. The Labute approximate surface area is 159 Å². The molecule has 0 unspecified atom stereocenters. The van der Waals surface area contributed by atoms with Crippen molar-refractivity contribution in [2.45, 2.75) is 6.54 Å². The van der Waals surface area contributed by atoms with E-state index in [4.69, 9.17) is 5.21 Å². The first-order valence-corrected chi connectivity index (χ1v) is 8.50. The van der Waals surface area contributed by atoms with E-state index in [1.165, 1.54) is 24.4 Å². The maximum Gasteiger partial charge on any atom is 0.271 e. The molecule has 0 bridgehead atoms. The van der Waals surface area contributed by atoms with Crippen molar-refractivity contribution in [1.29, 1.82) is 0 Å². The first-order chi connectivity index (χ1) is 13.6. The monoisotopic (exact) mass is 377 g/mol. The number of pyridine rings is 1. The molecule has 2 aromatic heterocycles. The highest BCUT2D eigenvalue weighted by atomic mass is 19.1. The normalized spacial score (nSPS) is 10.8. The molecular weight excluding hydrogens is 361 g/mol. The van der Waals surface area contributed by atoms with E-state index >= 15 is 0 Å². The Morgan fingerprint density at radius 2 is 1.68 bits per heavy atom. The summed E-state index contributed by atoms with van der Waals surface area (Å²) in [4.78, 5) is 11.8. The van der Waals surface area contributed by atoms with Gasteiger partial charge in [0.15, 0.2) is 0 Å². The number of nitrogens with zero attached hydrogens (tertiary/aromatic N) is 4. The second kappa shape index (κ2) is 7.45. The van der Waals surface area contributed by atoms with Crippen LogP contribution in [0.3, 0.4) is 0 Å². The molecule has 28 heavy (non-hydrogen) atoms. The summed E-state index contributed by atoms with van der Waals surface area (Å²) in [7, 11) is 0. The van der Waals surface area contributed by atoms with Crippen LogP contribution in [0.15, 0.2) is 77.9 Å². The largest absolute Gasteiger partial charge is 0.275 e.